The van der Waals surface area contributed by atoms with E-state index in [1.165, 1.54) is 0 Å². The molecular weight excluding hydrogens is 244 g/mol. The third-order valence-corrected chi connectivity index (χ3v) is 2.46. The molecule has 0 aliphatic carbocycles. The highest BCUT2D eigenvalue weighted by atomic mass is 32.1. The Morgan fingerprint density at radius 3 is 2.56 bits per heavy atom. The van der Waals surface area contributed by atoms with Gasteiger partial charge in [-0.15, -0.1) is 0 Å². The summed E-state index contributed by atoms with van der Waals surface area (Å²) in [6.07, 6.45) is 3.98. The molecule has 0 unspecified atom stereocenters. The molecule has 0 aliphatic rings. The minimum Gasteiger partial charge on any atom is -0.300 e. The number of nitrogens with one attached hydrogen (secondary N) is 2. The van der Waals surface area contributed by atoms with Gasteiger partial charge in [-0.1, -0.05) is 50.3 Å². The van der Waals surface area contributed by atoms with Crippen molar-refractivity contribution in [3.63, 3.8) is 0 Å². The highest BCUT2D eigenvalue weighted by Crippen LogP contribution is 2.04. The van der Waals surface area contributed by atoms with Crippen LogP contribution in [0.3, 0.4) is 0 Å². The first-order valence-electron chi connectivity index (χ1n) is 5.70. The molecule has 0 atom stereocenters. The Labute approximate surface area is 113 Å². The van der Waals surface area contributed by atoms with Gasteiger partial charge in [-0.25, -0.2) is 5.84 Å². The average Bonchev–Trinajstić information content (AvgIpc) is 2.39. The Hall–Kier alpha value is -1.72. The van der Waals surface area contributed by atoms with Gasteiger partial charge in [0.1, 0.15) is 0 Å². The van der Waals surface area contributed by atoms with E-state index >= 15 is 0 Å². The fourth-order valence-electron chi connectivity index (χ4n) is 1.25. The Bertz CT molecular complexity index is 438. The van der Waals surface area contributed by atoms with Gasteiger partial charge in [-0.05, 0) is 29.8 Å². The number of hydrogen-bond acceptors (Lipinski definition) is 3. The summed E-state index contributed by atoms with van der Waals surface area (Å²) < 4.78 is 0. The van der Waals surface area contributed by atoms with Crippen LogP contribution in [0.15, 0.2) is 41.5 Å². The van der Waals surface area contributed by atoms with Gasteiger partial charge in [0.05, 0.1) is 5.71 Å². The van der Waals surface area contributed by atoms with Gasteiger partial charge in [0, 0.05) is 0 Å². The largest absolute Gasteiger partial charge is 0.300 e. The number of allylic oxidation sites excluding steroid dienone is 1. The summed E-state index contributed by atoms with van der Waals surface area (Å²) in [6, 6.07) is 10.1. The van der Waals surface area contributed by atoms with Gasteiger partial charge >= 0.3 is 0 Å². The van der Waals surface area contributed by atoms with E-state index in [1.54, 1.807) is 0 Å². The predicted octanol–water partition coefficient (Wildman–Crippen LogP) is 2.05. The SMILES string of the molecule is CC(C)C(/C=C/c1ccccc1)=N/NC(=S)NN. The van der Waals surface area contributed by atoms with Crippen LogP contribution in [0.4, 0.5) is 0 Å². The third-order valence-electron chi connectivity index (χ3n) is 2.26. The molecule has 4 N–H and O–H groups in total. The van der Waals surface area contributed by atoms with Crippen molar-refractivity contribution in [3.8, 4) is 0 Å². The summed E-state index contributed by atoms with van der Waals surface area (Å²) in [7, 11) is 0. The summed E-state index contributed by atoms with van der Waals surface area (Å²) in [5, 5.41) is 4.50. The van der Waals surface area contributed by atoms with Crippen molar-refractivity contribution in [2.24, 2.45) is 16.9 Å². The molecule has 1 aromatic carbocycles. The fraction of sp³-hybridized carbons (Fsp3) is 0.231. The first-order valence-corrected chi connectivity index (χ1v) is 6.11. The van der Waals surface area contributed by atoms with E-state index in [4.69, 9.17) is 18.1 Å². The van der Waals surface area contributed by atoms with Crippen LogP contribution in [0.5, 0.6) is 0 Å². The number of thiocarbonyl (C=S) groups is 1. The first kappa shape index (κ1) is 14.3. The molecule has 1 rings (SSSR count). The molecular formula is C13H18N4S. The van der Waals surface area contributed by atoms with Crippen LogP contribution >= 0.6 is 12.2 Å². The number of hydrazone groups is 1. The molecule has 0 heterocycles. The maximum atomic E-state index is 5.16. The van der Waals surface area contributed by atoms with E-state index in [-0.39, 0.29) is 5.92 Å². The number of rotatable bonds is 4. The molecule has 96 valence electrons. The van der Waals surface area contributed by atoms with E-state index in [0.717, 1.165) is 11.3 Å². The van der Waals surface area contributed by atoms with Gasteiger partial charge in [-0.2, -0.15) is 5.10 Å². The summed E-state index contributed by atoms with van der Waals surface area (Å²) >= 11 is 4.86. The van der Waals surface area contributed by atoms with Crippen LogP contribution in [-0.4, -0.2) is 10.8 Å². The highest BCUT2D eigenvalue weighted by Gasteiger charge is 2.01. The quantitative estimate of drug-likeness (QED) is 0.336. The van der Waals surface area contributed by atoms with Crippen molar-refractivity contribution >= 4 is 29.1 Å². The maximum absolute atomic E-state index is 5.16. The summed E-state index contributed by atoms with van der Waals surface area (Å²) in [5.41, 5.74) is 7.03. The lowest BCUT2D eigenvalue weighted by Gasteiger charge is -2.07. The van der Waals surface area contributed by atoms with Crippen LogP contribution < -0.4 is 16.7 Å². The number of hydrazine groups is 1. The van der Waals surface area contributed by atoms with Crippen molar-refractivity contribution in [2.45, 2.75) is 13.8 Å². The van der Waals surface area contributed by atoms with Gasteiger partial charge in [0.15, 0.2) is 0 Å². The van der Waals surface area contributed by atoms with Crippen molar-refractivity contribution in [2.75, 3.05) is 0 Å². The second kappa shape index (κ2) is 7.58. The topological polar surface area (TPSA) is 62.4 Å². The molecule has 0 aromatic heterocycles. The number of nitrogens with zero attached hydrogens (tertiary/aromatic N) is 1. The zero-order valence-corrected chi connectivity index (χ0v) is 11.4. The number of benzene rings is 1. The van der Waals surface area contributed by atoms with Crippen LogP contribution in [0.1, 0.15) is 19.4 Å². The lowest BCUT2D eigenvalue weighted by Crippen LogP contribution is -2.37. The summed E-state index contributed by atoms with van der Waals surface area (Å²) in [6.45, 7) is 4.13. The Balaban J connectivity index is 2.75. The van der Waals surface area contributed by atoms with E-state index in [9.17, 15) is 0 Å². The molecule has 4 nitrogen and oxygen atoms in total. The zero-order chi connectivity index (χ0) is 13.4. The van der Waals surface area contributed by atoms with E-state index in [1.807, 2.05) is 42.5 Å². The molecule has 0 aliphatic heterocycles. The maximum Gasteiger partial charge on any atom is 0.201 e. The smallest absolute Gasteiger partial charge is 0.201 e. The molecule has 0 saturated heterocycles. The lowest BCUT2D eigenvalue weighted by molar-refractivity contribution is 0.853. The first-order chi connectivity index (χ1) is 8.63. The van der Waals surface area contributed by atoms with Gasteiger partial charge < -0.3 is 0 Å². The predicted molar refractivity (Wildman–Crippen MR) is 80.8 cm³/mol. The average molecular weight is 262 g/mol. The van der Waals surface area contributed by atoms with Gasteiger partial charge in [-0.3, -0.25) is 10.9 Å². The number of nitrogens with two attached hydrogens (primary N) is 1. The van der Waals surface area contributed by atoms with E-state index < -0.39 is 0 Å². The molecule has 0 bridgehead atoms. The molecule has 0 amide bonds. The van der Waals surface area contributed by atoms with Gasteiger partial charge in [0.2, 0.25) is 5.11 Å². The molecule has 0 fully saturated rings. The van der Waals surface area contributed by atoms with E-state index in [2.05, 4.69) is 29.8 Å². The second-order valence-electron chi connectivity index (χ2n) is 4.02. The summed E-state index contributed by atoms with van der Waals surface area (Å²) in [5.74, 6) is 5.45. The van der Waals surface area contributed by atoms with Crippen LogP contribution in [0, 0.1) is 5.92 Å². The molecule has 18 heavy (non-hydrogen) atoms. The Kier molecular flexibility index (Phi) is 6.04. The van der Waals surface area contributed by atoms with E-state index in [0.29, 0.717) is 5.11 Å². The summed E-state index contributed by atoms with van der Waals surface area (Å²) in [4.78, 5) is 0. The normalized spacial score (nSPS) is 11.9. The standard InChI is InChI=1S/C13H18N4S/c1-10(2)12(16-17-13(18)15-14)9-8-11-6-4-3-5-7-11/h3-10H,14H2,1-2H3,(H2,15,17,18)/b9-8+,16-12+. The van der Waals surface area contributed by atoms with Crippen LogP contribution in [-0.2, 0) is 0 Å². The Morgan fingerprint density at radius 1 is 1.33 bits per heavy atom. The van der Waals surface area contributed by atoms with Crippen molar-refractivity contribution < 1.29 is 0 Å². The number of hydrogen-bond donors (Lipinski definition) is 3. The highest BCUT2D eigenvalue weighted by molar-refractivity contribution is 7.80. The van der Waals surface area contributed by atoms with Crippen molar-refractivity contribution in [1.82, 2.24) is 10.9 Å². The second-order valence-corrected chi connectivity index (χ2v) is 4.43. The minimum atomic E-state index is 0.290. The van der Waals surface area contributed by atoms with Crippen molar-refractivity contribution in [1.29, 1.82) is 0 Å². The molecule has 0 spiro atoms. The molecule has 1 aromatic rings. The lowest BCUT2D eigenvalue weighted by atomic mass is 10.1. The van der Waals surface area contributed by atoms with Gasteiger partial charge in [0.25, 0.3) is 0 Å². The van der Waals surface area contributed by atoms with Crippen molar-refractivity contribution in [3.05, 3.63) is 42.0 Å². The Morgan fingerprint density at radius 2 is 2.00 bits per heavy atom. The molecule has 0 saturated carbocycles. The molecule has 5 heteroatoms. The van der Waals surface area contributed by atoms with Crippen LogP contribution in [0.25, 0.3) is 6.08 Å². The fourth-order valence-corrected chi connectivity index (χ4v) is 1.30. The monoisotopic (exact) mass is 262 g/mol. The minimum absolute atomic E-state index is 0.290. The zero-order valence-electron chi connectivity index (χ0n) is 10.6. The van der Waals surface area contributed by atoms with Crippen LogP contribution in [0.2, 0.25) is 0 Å². The third kappa shape index (κ3) is 5.07. The molecule has 0 radical (unpaired) electrons.